The van der Waals surface area contributed by atoms with E-state index >= 15 is 0 Å². The molecule has 3 aromatic heterocycles. The number of aromatic nitrogens is 2. The number of imidazole rings is 1. The summed E-state index contributed by atoms with van der Waals surface area (Å²) in [6.07, 6.45) is 2.45. The van der Waals surface area contributed by atoms with E-state index in [1.807, 2.05) is 37.2 Å². The zero-order chi connectivity index (χ0) is 22.3. The molecule has 0 saturated carbocycles. The fourth-order valence-corrected chi connectivity index (χ4v) is 4.09. The van der Waals surface area contributed by atoms with E-state index in [9.17, 15) is 14.7 Å². The molecule has 0 aromatic carbocycles. The highest BCUT2D eigenvalue weighted by Crippen LogP contribution is 2.40. The molecule has 8 heteroatoms. The molecule has 1 fully saturated rings. The van der Waals surface area contributed by atoms with E-state index in [-0.39, 0.29) is 11.3 Å². The number of rotatable bonds is 6. The zero-order valence-electron chi connectivity index (χ0n) is 18.1. The van der Waals surface area contributed by atoms with Crippen molar-refractivity contribution < 1.29 is 19.1 Å². The first kappa shape index (κ1) is 20.9. The minimum Gasteiger partial charge on any atom is -0.505 e. The molecule has 1 N–H and O–H groups in total. The van der Waals surface area contributed by atoms with Gasteiger partial charge in [0.15, 0.2) is 5.76 Å². The van der Waals surface area contributed by atoms with Crippen molar-refractivity contribution in [1.29, 1.82) is 0 Å². The van der Waals surface area contributed by atoms with E-state index in [1.165, 1.54) is 4.90 Å². The number of aliphatic hydroxyl groups is 1. The average Bonchev–Trinajstić information content (AvgIpc) is 3.36. The van der Waals surface area contributed by atoms with Gasteiger partial charge in [-0.15, -0.1) is 0 Å². The minimum absolute atomic E-state index is 0.0259. The van der Waals surface area contributed by atoms with Crippen molar-refractivity contribution in [1.82, 2.24) is 19.2 Å². The number of carbonyl (C=O) groups is 2. The van der Waals surface area contributed by atoms with E-state index in [1.54, 1.807) is 36.6 Å². The number of aliphatic hydroxyl groups excluding tert-OH is 1. The summed E-state index contributed by atoms with van der Waals surface area (Å²) in [4.78, 5) is 34.0. The molecule has 4 rings (SSSR count). The number of Topliss-reactive ketones (excluding diaryl/α,β-unsaturated/α-hetero) is 1. The molecule has 0 spiro atoms. The highest BCUT2D eigenvalue weighted by Gasteiger charge is 2.47. The first-order chi connectivity index (χ1) is 14.8. The smallest absolute Gasteiger partial charge is 0.295 e. The molecular formula is C23H26N4O4. The summed E-state index contributed by atoms with van der Waals surface area (Å²) in [5.74, 6) is -0.476. The number of amides is 1. The highest BCUT2D eigenvalue weighted by molar-refractivity contribution is 6.46. The maximum Gasteiger partial charge on any atom is 0.295 e. The number of hydrogen-bond donors (Lipinski definition) is 1. The number of ketones is 1. The predicted octanol–water partition coefficient (Wildman–Crippen LogP) is 2.92. The van der Waals surface area contributed by atoms with E-state index in [0.29, 0.717) is 41.5 Å². The minimum atomic E-state index is -0.787. The Bertz CT molecular complexity index is 1190. The Morgan fingerprint density at radius 3 is 2.65 bits per heavy atom. The molecule has 31 heavy (non-hydrogen) atoms. The van der Waals surface area contributed by atoms with Crippen LogP contribution >= 0.6 is 0 Å². The zero-order valence-corrected chi connectivity index (χ0v) is 18.1. The highest BCUT2D eigenvalue weighted by atomic mass is 16.3. The lowest BCUT2D eigenvalue weighted by Crippen LogP contribution is -2.32. The van der Waals surface area contributed by atoms with Crippen LogP contribution < -0.4 is 0 Å². The van der Waals surface area contributed by atoms with Gasteiger partial charge in [0.05, 0.1) is 11.3 Å². The van der Waals surface area contributed by atoms with Crippen LogP contribution in [0.25, 0.3) is 11.4 Å². The Hall–Kier alpha value is -3.39. The molecule has 4 heterocycles. The molecule has 0 radical (unpaired) electrons. The van der Waals surface area contributed by atoms with Crippen molar-refractivity contribution in [2.45, 2.75) is 26.3 Å². The van der Waals surface area contributed by atoms with Gasteiger partial charge in [0, 0.05) is 12.7 Å². The molecule has 1 saturated heterocycles. The van der Waals surface area contributed by atoms with Crippen LogP contribution in [0.1, 0.15) is 35.4 Å². The van der Waals surface area contributed by atoms with Crippen molar-refractivity contribution in [2.24, 2.45) is 0 Å². The van der Waals surface area contributed by atoms with Gasteiger partial charge in [-0.3, -0.25) is 14.0 Å². The lowest BCUT2D eigenvalue weighted by Gasteiger charge is -2.24. The third-order valence-electron chi connectivity index (χ3n) is 5.50. The summed E-state index contributed by atoms with van der Waals surface area (Å²) in [7, 11) is 3.91. The Balaban J connectivity index is 1.86. The first-order valence-corrected chi connectivity index (χ1v) is 10.2. The van der Waals surface area contributed by atoms with E-state index in [4.69, 9.17) is 4.42 Å². The van der Waals surface area contributed by atoms with Gasteiger partial charge in [0.2, 0.25) is 0 Å². The molecule has 1 amide bonds. The number of pyridine rings is 1. The first-order valence-electron chi connectivity index (χ1n) is 10.2. The quantitative estimate of drug-likeness (QED) is 0.373. The molecule has 1 atom stereocenters. The summed E-state index contributed by atoms with van der Waals surface area (Å²) in [6.45, 7) is 4.70. The fraction of sp³-hybridized carbons (Fsp3) is 0.348. The third kappa shape index (κ3) is 3.63. The van der Waals surface area contributed by atoms with Gasteiger partial charge in [0.1, 0.15) is 28.9 Å². The van der Waals surface area contributed by atoms with Crippen LogP contribution in [0.15, 0.2) is 46.5 Å². The van der Waals surface area contributed by atoms with Gasteiger partial charge < -0.3 is 19.3 Å². The molecular weight excluding hydrogens is 396 g/mol. The number of nitrogens with zero attached hydrogens (tertiary/aromatic N) is 4. The van der Waals surface area contributed by atoms with Crippen LogP contribution in [-0.2, 0) is 9.59 Å². The van der Waals surface area contributed by atoms with Gasteiger partial charge in [0.25, 0.3) is 11.7 Å². The standard InChI is InChI=1S/C23H26N4O4/c1-14-9-10-16(31-14)20-18(22(29)23(30)27(20)13-7-11-25(3)4)21(28)19-15(2)24-17-8-5-6-12-26(17)19/h5-6,8-10,12,20,28H,7,11,13H2,1-4H3/t20-/m0/s1. The number of hydrogen-bond acceptors (Lipinski definition) is 6. The normalized spacial score (nSPS) is 18.6. The van der Waals surface area contributed by atoms with E-state index in [2.05, 4.69) is 4.98 Å². The van der Waals surface area contributed by atoms with Crippen LogP contribution in [-0.4, -0.2) is 63.2 Å². The third-order valence-corrected chi connectivity index (χ3v) is 5.50. The Morgan fingerprint density at radius 1 is 1.19 bits per heavy atom. The van der Waals surface area contributed by atoms with Crippen LogP contribution in [0.3, 0.4) is 0 Å². The Kier molecular flexibility index (Phi) is 5.41. The molecule has 0 bridgehead atoms. The summed E-state index contributed by atoms with van der Waals surface area (Å²) in [5.41, 5.74) is 1.64. The lowest BCUT2D eigenvalue weighted by atomic mass is 10.0. The van der Waals surface area contributed by atoms with Gasteiger partial charge in [-0.05, 0) is 65.2 Å². The van der Waals surface area contributed by atoms with Crippen molar-refractivity contribution in [3.05, 3.63) is 65.0 Å². The van der Waals surface area contributed by atoms with Crippen LogP contribution in [0.2, 0.25) is 0 Å². The van der Waals surface area contributed by atoms with Crippen molar-refractivity contribution >= 4 is 23.1 Å². The van der Waals surface area contributed by atoms with Crippen molar-refractivity contribution in [3.63, 3.8) is 0 Å². The second-order valence-electron chi connectivity index (χ2n) is 8.07. The summed E-state index contributed by atoms with van der Waals surface area (Å²) < 4.78 is 7.53. The number of carbonyl (C=O) groups excluding carboxylic acids is 2. The average molecular weight is 422 g/mol. The lowest BCUT2D eigenvalue weighted by molar-refractivity contribution is -0.140. The fourth-order valence-electron chi connectivity index (χ4n) is 4.09. The summed E-state index contributed by atoms with van der Waals surface area (Å²) in [5, 5.41) is 11.3. The van der Waals surface area contributed by atoms with Crippen molar-refractivity contribution in [2.75, 3.05) is 27.2 Å². The molecule has 8 nitrogen and oxygen atoms in total. The molecule has 3 aromatic rings. The Labute approximate surface area is 180 Å². The SMILES string of the molecule is Cc1ccc([C@H]2C(=C(O)c3c(C)nc4ccccn34)C(=O)C(=O)N2CCCN(C)C)o1. The summed E-state index contributed by atoms with van der Waals surface area (Å²) >= 11 is 0. The molecule has 0 unspecified atom stereocenters. The summed E-state index contributed by atoms with van der Waals surface area (Å²) in [6, 6.07) is 8.23. The molecule has 1 aliphatic heterocycles. The maximum absolute atomic E-state index is 13.1. The second-order valence-corrected chi connectivity index (χ2v) is 8.07. The second kappa shape index (κ2) is 8.03. The molecule has 0 aliphatic carbocycles. The molecule has 162 valence electrons. The van der Waals surface area contributed by atoms with E-state index in [0.717, 1.165) is 6.54 Å². The van der Waals surface area contributed by atoms with Crippen LogP contribution in [0.5, 0.6) is 0 Å². The number of likely N-dealkylation sites (tertiary alicyclic amines) is 1. The van der Waals surface area contributed by atoms with Crippen LogP contribution in [0.4, 0.5) is 0 Å². The number of aryl methyl sites for hydroxylation is 2. The largest absolute Gasteiger partial charge is 0.505 e. The predicted molar refractivity (Wildman–Crippen MR) is 116 cm³/mol. The van der Waals surface area contributed by atoms with Crippen molar-refractivity contribution in [3.8, 4) is 0 Å². The maximum atomic E-state index is 13.1. The van der Waals surface area contributed by atoms with Gasteiger partial charge in [-0.2, -0.15) is 0 Å². The number of furan rings is 1. The number of fused-ring (bicyclic) bond motifs is 1. The molecule has 1 aliphatic rings. The van der Waals surface area contributed by atoms with Gasteiger partial charge in [-0.1, -0.05) is 6.07 Å². The van der Waals surface area contributed by atoms with Gasteiger partial charge >= 0.3 is 0 Å². The topological polar surface area (TPSA) is 91.3 Å². The van der Waals surface area contributed by atoms with E-state index < -0.39 is 17.7 Å². The Morgan fingerprint density at radius 2 is 1.97 bits per heavy atom. The van der Waals surface area contributed by atoms with Crippen LogP contribution in [0, 0.1) is 13.8 Å². The monoisotopic (exact) mass is 422 g/mol. The van der Waals surface area contributed by atoms with Gasteiger partial charge in [-0.25, -0.2) is 4.98 Å².